The van der Waals surface area contributed by atoms with Gasteiger partial charge in [-0.3, -0.25) is 4.79 Å². The van der Waals surface area contributed by atoms with Crippen LogP contribution in [0.2, 0.25) is 0 Å². The number of carbonyl (C=O) groups is 1. The summed E-state index contributed by atoms with van der Waals surface area (Å²) in [5.41, 5.74) is 0. The highest BCUT2D eigenvalue weighted by atomic mass is 16.5. The molecule has 106 valence electrons. The number of methoxy groups -OCH3 is 1. The van der Waals surface area contributed by atoms with E-state index in [0.29, 0.717) is 5.91 Å². The summed E-state index contributed by atoms with van der Waals surface area (Å²) in [6.45, 7) is 5.75. The van der Waals surface area contributed by atoms with E-state index >= 15 is 0 Å². The zero-order valence-electron chi connectivity index (χ0n) is 11.9. The standard InChI is InChI=1S/C14H28N2O2/c1-3-9-15-13-8-7-11-16(14(13)17)10-5-4-6-12-18-2/h13,15H,3-12H2,1-2H3. The molecule has 1 aliphatic rings. The van der Waals surface area contributed by atoms with Gasteiger partial charge in [-0.25, -0.2) is 0 Å². The molecule has 0 aromatic rings. The number of nitrogens with one attached hydrogen (secondary N) is 1. The van der Waals surface area contributed by atoms with Crippen LogP contribution in [0.1, 0.15) is 45.4 Å². The fraction of sp³-hybridized carbons (Fsp3) is 0.929. The maximum absolute atomic E-state index is 12.2. The fourth-order valence-electron chi connectivity index (χ4n) is 2.40. The Bertz CT molecular complexity index is 234. The quantitative estimate of drug-likeness (QED) is 0.640. The molecule has 0 aromatic carbocycles. The van der Waals surface area contributed by atoms with Crippen molar-refractivity contribution in [2.24, 2.45) is 0 Å². The van der Waals surface area contributed by atoms with E-state index in [4.69, 9.17) is 4.74 Å². The third-order valence-electron chi connectivity index (χ3n) is 3.45. The first kappa shape index (κ1) is 15.4. The Balaban J connectivity index is 2.21. The minimum Gasteiger partial charge on any atom is -0.385 e. The lowest BCUT2D eigenvalue weighted by Gasteiger charge is -2.32. The first-order valence-corrected chi connectivity index (χ1v) is 7.30. The maximum Gasteiger partial charge on any atom is 0.239 e. The van der Waals surface area contributed by atoms with Gasteiger partial charge in [0.1, 0.15) is 0 Å². The SMILES string of the molecule is CCCNC1CCCN(CCCCCOC)C1=O. The summed E-state index contributed by atoms with van der Waals surface area (Å²) in [6, 6.07) is 0.0673. The second kappa shape index (κ2) is 9.34. The average Bonchev–Trinajstić information content (AvgIpc) is 2.39. The molecule has 1 aliphatic heterocycles. The van der Waals surface area contributed by atoms with Crippen LogP contribution in [0.4, 0.5) is 0 Å². The molecule has 1 fully saturated rings. The summed E-state index contributed by atoms with van der Waals surface area (Å²) in [4.78, 5) is 14.2. The van der Waals surface area contributed by atoms with Crippen molar-refractivity contribution >= 4 is 5.91 Å². The molecular weight excluding hydrogens is 228 g/mol. The second-order valence-electron chi connectivity index (χ2n) is 5.03. The highest BCUT2D eigenvalue weighted by Gasteiger charge is 2.27. The number of likely N-dealkylation sites (tertiary alicyclic amines) is 1. The molecule has 0 bridgehead atoms. The molecule has 18 heavy (non-hydrogen) atoms. The Labute approximate surface area is 111 Å². The van der Waals surface area contributed by atoms with E-state index in [1.54, 1.807) is 7.11 Å². The Morgan fingerprint density at radius 3 is 2.94 bits per heavy atom. The number of unbranched alkanes of at least 4 members (excludes halogenated alkanes) is 2. The average molecular weight is 256 g/mol. The van der Waals surface area contributed by atoms with Gasteiger partial charge in [-0.15, -0.1) is 0 Å². The molecule has 0 radical (unpaired) electrons. The molecule has 1 saturated heterocycles. The lowest BCUT2D eigenvalue weighted by molar-refractivity contribution is -0.136. The van der Waals surface area contributed by atoms with Crippen molar-refractivity contribution in [2.75, 3.05) is 33.4 Å². The van der Waals surface area contributed by atoms with Gasteiger partial charge in [-0.1, -0.05) is 6.92 Å². The lowest BCUT2D eigenvalue weighted by Crippen LogP contribution is -2.51. The van der Waals surface area contributed by atoms with Gasteiger partial charge < -0.3 is 15.0 Å². The van der Waals surface area contributed by atoms with Gasteiger partial charge in [0, 0.05) is 26.8 Å². The summed E-state index contributed by atoms with van der Waals surface area (Å²) in [6.07, 6.45) is 6.54. The summed E-state index contributed by atoms with van der Waals surface area (Å²) in [5.74, 6) is 0.307. The topological polar surface area (TPSA) is 41.6 Å². The number of hydrogen-bond donors (Lipinski definition) is 1. The van der Waals surface area contributed by atoms with Crippen LogP contribution in [-0.2, 0) is 9.53 Å². The van der Waals surface area contributed by atoms with Crippen LogP contribution < -0.4 is 5.32 Å². The number of carbonyl (C=O) groups excluding carboxylic acids is 1. The molecule has 0 aliphatic carbocycles. The summed E-state index contributed by atoms with van der Waals surface area (Å²) >= 11 is 0. The number of rotatable bonds is 9. The van der Waals surface area contributed by atoms with E-state index < -0.39 is 0 Å². The van der Waals surface area contributed by atoms with E-state index in [9.17, 15) is 4.79 Å². The van der Waals surface area contributed by atoms with Crippen molar-refractivity contribution in [1.82, 2.24) is 10.2 Å². The van der Waals surface area contributed by atoms with Crippen molar-refractivity contribution in [3.8, 4) is 0 Å². The Morgan fingerprint density at radius 2 is 2.22 bits per heavy atom. The molecule has 4 heteroatoms. The van der Waals surface area contributed by atoms with Gasteiger partial charge in [0.15, 0.2) is 0 Å². The molecule has 0 saturated carbocycles. The molecule has 1 unspecified atom stereocenters. The Morgan fingerprint density at radius 1 is 1.39 bits per heavy atom. The van der Waals surface area contributed by atoms with Crippen molar-refractivity contribution in [2.45, 2.75) is 51.5 Å². The van der Waals surface area contributed by atoms with Crippen LogP contribution in [0.15, 0.2) is 0 Å². The van der Waals surface area contributed by atoms with Crippen molar-refractivity contribution in [1.29, 1.82) is 0 Å². The van der Waals surface area contributed by atoms with Crippen LogP contribution in [-0.4, -0.2) is 50.2 Å². The minimum absolute atomic E-state index is 0.0673. The predicted octanol–water partition coefficient (Wildman–Crippen LogP) is 1.79. The molecular formula is C14H28N2O2. The summed E-state index contributed by atoms with van der Waals surface area (Å²) < 4.78 is 5.03. The van der Waals surface area contributed by atoms with Gasteiger partial charge in [0.05, 0.1) is 6.04 Å². The smallest absolute Gasteiger partial charge is 0.239 e. The lowest BCUT2D eigenvalue weighted by atomic mass is 10.0. The first-order chi connectivity index (χ1) is 8.79. The number of ether oxygens (including phenoxy) is 1. The van der Waals surface area contributed by atoms with Crippen molar-refractivity contribution in [3.63, 3.8) is 0 Å². The number of piperidine rings is 1. The van der Waals surface area contributed by atoms with Crippen LogP contribution in [0.3, 0.4) is 0 Å². The van der Waals surface area contributed by atoms with Crippen molar-refractivity contribution < 1.29 is 9.53 Å². The minimum atomic E-state index is 0.0673. The Kier molecular flexibility index (Phi) is 8.01. The van der Waals surface area contributed by atoms with E-state index in [2.05, 4.69) is 12.2 Å². The van der Waals surface area contributed by atoms with E-state index in [1.165, 1.54) is 0 Å². The number of amides is 1. The normalized spacial score (nSPS) is 20.4. The fourth-order valence-corrected chi connectivity index (χ4v) is 2.40. The molecule has 1 amide bonds. The summed E-state index contributed by atoms with van der Waals surface area (Å²) in [7, 11) is 1.73. The third kappa shape index (κ3) is 5.36. The predicted molar refractivity (Wildman–Crippen MR) is 73.6 cm³/mol. The highest BCUT2D eigenvalue weighted by molar-refractivity contribution is 5.82. The number of nitrogens with zero attached hydrogens (tertiary/aromatic N) is 1. The Hall–Kier alpha value is -0.610. The van der Waals surface area contributed by atoms with Crippen LogP contribution in [0.5, 0.6) is 0 Å². The molecule has 1 heterocycles. The zero-order valence-corrected chi connectivity index (χ0v) is 11.9. The van der Waals surface area contributed by atoms with Gasteiger partial charge in [-0.2, -0.15) is 0 Å². The largest absolute Gasteiger partial charge is 0.385 e. The van der Waals surface area contributed by atoms with E-state index in [1.807, 2.05) is 4.90 Å². The molecule has 0 spiro atoms. The molecule has 4 nitrogen and oxygen atoms in total. The molecule has 1 atom stereocenters. The van der Waals surface area contributed by atoms with Crippen LogP contribution in [0, 0.1) is 0 Å². The van der Waals surface area contributed by atoms with Gasteiger partial charge in [0.25, 0.3) is 0 Å². The molecule has 1 rings (SSSR count). The first-order valence-electron chi connectivity index (χ1n) is 7.30. The highest BCUT2D eigenvalue weighted by Crippen LogP contribution is 2.13. The number of hydrogen-bond acceptors (Lipinski definition) is 3. The van der Waals surface area contributed by atoms with Gasteiger partial charge >= 0.3 is 0 Å². The third-order valence-corrected chi connectivity index (χ3v) is 3.45. The molecule has 1 N–H and O–H groups in total. The van der Waals surface area contributed by atoms with E-state index in [-0.39, 0.29) is 6.04 Å². The zero-order chi connectivity index (χ0) is 13.2. The monoisotopic (exact) mass is 256 g/mol. The van der Waals surface area contributed by atoms with Gasteiger partial charge in [0.2, 0.25) is 5.91 Å². The van der Waals surface area contributed by atoms with Crippen LogP contribution >= 0.6 is 0 Å². The van der Waals surface area contributed by atoms with E-state index in [0.717, 1.165) is 64.8 Å². The maximum atomic E-state index is 12.2. The van der Waals surface area contributed by atoms with Gasteiger partial charge in [-0.05, 0) is 45.1 Å². The van der Waals surface area contributed by atoms with Crippen molar-refractivity contribution in [3.05, 3.63) is 0 Å². The second-order valence-corrected chi connectivity index (χ2v) is 5.03. The molecule has 0 aromatic heterocycles. The summed E-state index contributed by atoms with van der Waals surface area (Å²) in [5, 5.41) is 3.35. The van der Waals surface area contributed by atoms with Crippen LogP contribution in [0.25, 0.3) is 0 Å².